The maximum absolute atomic E-state index is 13.6. The molecular weight excluding hydrogens is 420 g/mol. The highest BCUT2D eigenvalue weighted by Crippen LogP contribution is 2.34. The van der Waals surface area contributed by atoms with Crippen LogP contribution in [0.2, 0.25) is 5.02 Å². The maximum atomic E-state index is 13.6. The van der Waals surface area contributed by atoms with Gasteiger partial charge >= 0.3 is 0 Å². The topological polar surface area (TPSA) is 40.6 Å². The van der Waals surface area contributed by atoms with Gasteiger partial charge in [0.05, 0.1) is 5.57 Å². The van der Waals surface area contributed by atoms with Crippen LogP contribution in [0.15, 0.2) is 84.6 Å². The Labute approximate surface area is 192 Å². The molecule has 0 bridgehead atoms. The van der Waals surface area contributed by atoms with Crippen LogP contribution in [0.25, 0.3) is 5.57 Å². The molecule has 5 heteroatoms. The molecule has 3 aromatic rings. The minimum Gasteiger partial charge on any atom is -0.362 e. The third kappa shape index (κ3) is 3.82. The summed E-state index contributed by atoms with van der Waals surface area (Å²) in [6.07, 6.45) is 1.47. The van der Waals surface area contributed by atoms with Gasteiger partial charge in [0.2, 0.25) is 0 Å². The molecule has 2 heterocycles. The number of imide groups is 1. The summed E-state index contributed by atoms with van der Waals surface area (Å²) in [4.78, 5) is 30.5. The normalized spacial score (nSPS) is 16.0. The molecule has 2 aliphatic rings. The first kappa shape index (κ1) is 20.5. The molecular formula is C27H23ClN2O2. The second-order valence-electron chi connectivity index (χ2n) is 8.17. The second-order valence-corrected chi connectivity index (χ2v) is 8.60. The van der Waals surface area contributed by atoms with Gasteiger partial charge < -0.3 is 4.90 Å². The van der Waals surface area contributed by atoms with Gasteiger partial charge in [-0.15, -0.1) is 0 Å². The predicted molar refractivity (Wildman–Crippen MR) is 126 cm³/mol. The van der Waals surface area contributed by atoms with Crippen molar-refractivity contribution in [1.29, 1.82) is 0 Å². The van der Waals surface area contributed by atoms with Crippen LogP contribution in [-0.4, -0.2) is 34.7 Å². The van der Waals surface area contributed by atoms with Gasteiger partial charge in [-0.1, -0.05) is 78.3 Å². The zero-order valence-corrected chi connectivity index (χ0v) is 18.4. The van der Waals surface area contributed by atoms with Crippen molar-refractivity contribution in [2.75, 3.05) is 13.1 Å². The molecule has 2 amide bonds. The molecule has 2 aliphatic heterocycles. The van der Waals surface area contributed by atoms with Gasteiger partial charge in [-0.05, 0) is 47.2 Å². The standard InChI is InChI=1S/C27H23ClN2O2/c28-23-12-10-21(11-13-23)24-25(29-16-15-20-8-4-5-9-22(20)18-29)27(32)30(26(24)31)17-14-19-6-2-1-3-7-19/h1-13H,14-18H2. The van der Waals surface area contributed by atoms with Gasteiger partial charge in [0.15, 0.2) is 0 Å². The van der Waals surface area contributed by atoms with Gasteiger partial charge in [-0.2, -0.15) is 0 Å². The monoisotopic (exact) mass is 442 g/mol. The Hall–Kier alpha value is -3.37. The van der Waals surface area contributed by atoms with Gasteiger partial charge in [-0.25, -0.2) is 0 Å². The second kappa shape index (κ2) is 8.64. The smallest absolute Gasteiger partial charge is 0.277 e. The zero-order chi connectivity index (χ0) is 22.1. The Balaban J connectivity index is 1.50. The van der Waals surface area contributed by atoms with Crippen molar-refractivity contribution in [3.05, 3.63) is 112 Å². The van der Waals surface area contributed by atoms with Crippen LogP contribution < -0.4 is 0 Å². The molecule has 0 spiro atoms. The Morgan fingerprint density at radius 3 is 2.22 bits per heavy atom. The number of halogens is 1. The number of carbonyl (C=O) groups is 2. The Morgan fingerprint density at radius 2 is 1.47 bits per heavy atom. The summed E-state index contributed by atoms with van der Waals surface area (Å²) >= 11 is 6.08. The number of nitrogens with zero attached hydrogens (tertiary/aromatic N) is 2. The predicted octanol–water partition coefficient (Wildman–Crippen LogP) is 4.72. The summed E-state index contributed by atoms with van der Waals surface area (Å²) in [6, 6.07) is 25.4. The molecule has 5 rings (SSSR count). The van der Waals surface area contributed by atoms with E-state index in [9.17, 15) is 9.59 Å². The van der Waals surface area contributed by atoms with Gasteiger partial charge in [0, 0.05) is 24.7 Å². The van der Waals surface area contributed by atoms with Crippen LogP contribution in [0.3, 0.4) is 0 Å². The number of hydrogen-bond donors (Lipinski definition) is 0. The molecule has 0 saturated heterocycles. The lowest BCUT2D eigenvalue weighted by Gasteiger charge is -2.31. The average molecular weight is 443 g/mol. The van der Waals surface area contributed by atoms with E-state index in [4.69, 9.17) is 11.6 Å². The highest BCUT2D eigenvalue weighted by atomic mass is 35.5. The van der Waals surface area contributed by atoms with E-state index < -0.39 is 0 Å². The lowest BCUT2D eigenvalue weighted by molar-refractivity contribution is -0.137. The minimum atomic E-state index is -0.234. The maximum Gasteiger partial charge on any atom is 0.277 e. The molecule has 4 nitrogen and oxygen atoms in total. The Bertz CT molecular complexity index is 1200. The Kier molecular flexibility index (Phi) is 5.54. The summed E-state index contributed by atoms with van der Waals surface area (Å²) in [7, 11) is 0. The van der Waals surface area contributed by atoms with E-state index in [1.165, 1.54) is 16.0 Å². The molecule has 0 aromatic heterocycles. The molecule has 0 radical (unpaired) electrons. The van der Waals surface area contributed by atoms with Gasteiger partial charge in [0.25, 0.3) is 11.8 Å². The number of rotatable bonds is 5. The first-order chi connectivity index (χ1) is 15.6. The van der Waals surface area contributed by atoms with E-state index >= 15 is 0 Å². The number of benzene rings is 3. The molecule has 32 heavy (non-hydrogen) atoms. The fraction of sp³-hybridized carbons (Fsp3) is 0.185. The lowest BCUT2D eigenvalue weighted by atomic mass is 9.98. The van der Waals surface area contributed by atoms with Crippen LogP contribution in [-0.2, 0) is 29.0 Å². The minimum absolute atomic E-state index is 0.213. The molecule has 0 unspecified atom stereocenters. The van der Waals surface area contributed by atoms with E-state index in [0.717, 1.165) is 17.5 Å². The summed E-state index contributed by atoms with van der Waals surface area (Å²) in [5, 5.41) is 0.598. The van der Waals surface area contributed by atoms with Crippen molar-refractivity contribution in [2.45, 2.75) is 19.4 Å². The molecule has 0 N–H and O–H groups in total. The van der Waals surface area contributed by atoms with E-state index in [-0.39, 0.29) is 11.8 Å². The SMILES string of the molecule is O=C1C(c2ccc(Cl)cc2)=C(N2CCc3ccccc3C2)C(=O)N1CCc1ccccc1. The molecule has 3 aromatic carbocycles. The van der Waals surface area contributed by atoms with Crippen molar-refractivity contribution in [3.63, 3.8) is 0 Å². The fourth-order valence-electron chi connectivity index (χ4n) is 4.51. The van der Waals surface area contributed by atoms with Crippen LogP contribution in [0.5, 0.6) is 0 Å². The summed E-state index contributed by atoms with van der Waals surface area (Å²) in [6.45, 7) is 1.68. The quantitative estimate of drug-likeness (QED) is 0.537. The third-order valence-electron chi connectivity index (χ3n) is 6.19. The summed E-state index contributed by atoms with van der Waals surface area (Å²) in [5.74, 6) is -0.447. The van der Waals surface area contributed by atoms with Crippen LogP contribution in [0.1, 0.15) is 22.3 Å². The third-order valence-corrected chi connectivity index (χ3v) is 6.44. The number of hydrogen-bond acceptors (Lipinski definition) is 3. The van der Waals surface area contributed by atoms with Crippen molar-refractivity contribution in [1.82, 2.24) is 9.80 Å². The Morgan fingerprint density at radius 1 is 0.781 bits per heavy atom. The van der Waals surface area contributed by atoms with Crippen LogP contribution in [0.4, 0.5) is 0 Å². The largest absolute Gasteiger partial charge is 0.362 e. The van der Waals surface area contributed by atoms with Gasteiger partial charge in [0.1, 0.15) is 5.70 Å². The number of carbonyl (C=O) groups excluding carboxylic acids is 2. The first-order valence-electron chi connectivity index (χ1n) is 10.8. The van der Waals surface area contributed by atoms with Crippen LogP contribution in [0, 0.1) is 0 Å². The highest BCUT2D eigenvalue weighted by Gasteiger charge is 2.41. The van der Waals surface area contributed by atoms with E-state index in [1.807, 2.05) is 54.6 Å². The van der Waals surface area contributed by atoms with Crippen molar-refractivity contribution >= 4 is 29.0 Å². The number of amides is 2. The molecule has 0 fully saturated rings. The zero-order valence-electron chi connectivity index (χ0n) is 17.6. The van der Waals surface area contributed by atoms with E-state index in [0.29, 0.717) is 42.3 Å². The van der Waals surface area contributed by atoms with Crippen molar-refractivity contribution in [2.24, 2.45) is 0 Å². The van der Waals surface area contributed by atoms with E-state index in [2.05, 4.69) is 17.0 Å². The highest BCUT2D eigenvalue weighted by molar-refractivity contribution is 6.36. The van der Waals surface area contributed by atoms with E-state index in [1.54, 1.807) is 12.1 Å². The summed E-state index contributed by atoms with van der Waals surface area (Å²) < 4.78 is 0. The molecule has 0 saturated carbocycles. The lowest BCUT2D eigenvalue weighted by Crippen LogP contribution is -2.38. The molecule has 160 valence electrons. The average Bonchev–Trinajstić information content (AvgIpc) is 3.08. The van der Waals surface area contributed by atoms with Crippen molar-refractivity contribution < 1.29 is 9.59 Å². The van der Waals surface area contributed by atoms with Crippen molar-refractivity contribution in [3.8, 4) is 0 Å². The first-order valence-corrected chi connectivity index (χ1v) is 11.2. The summed E-state index contributed by atoms with van der Waals surface area (Å²) in [5.41, 5.74) is 5.30. The fourth-order valence-corrected chi connectivity index (χ4v) is 4.63. The van der Waals surface area contributed by atoms with Gasteiger partial charge in [-0.3, -0.25) is 14.5 Å². The number of fused-ring (bicyclic) bond motifs is 1. The van der Waals surface area contributed by atoms with Crippen LogP contribution >= 0.6 is 11.6 Å². The molecule has 0 atom stereocenters. The molecule has 0 aliphatic carbocycles.